The number of hydrogen-bond donors (Lipinski definition) is 1. The fourth-order valence-electron chi connectivity index (χ4n) is 6.04. The van der Waals surface area contributed by atoms with E-state index >= 15 is 0 Å². The maximum absolute atomic E-state index is 12.6. The van der Waals surface area contributed by atoms with Crippen LogP contribution in [0.5, 0.6) is 0 Å². The Kier molecular flexibility index (Phi) is 6.00. The third-order valence-corrected chi connectivity index (χ3v) is 8.00. The quantitative estimate of drug-likeness (QED) is 0.565. The number of amides is 1. The number of carbonyl (C=O) groups is 1. The Labute approximate surface area is 212 Å². The number of carbonyl (C=O) groups excluding carboxylic acids is 1. The lowest BCUT2D eigenvalue weighted by Crippen LogP contribution is -2.63. The molecule has 2 aliphatic rings. The normalized spacial score (nSPS) is 23.7. The SMILES string of the molecule is CC(C)c1ccc([C@](O)(c2cncc(-c3noc([C@H]4C(=O)N(C)CC4C)n3)c2)C2(C)CN(C)C2)cc1. The molecule has 36 heavy (non-hydrogen) atoms. The smallest absolute Gasteiger partial charge is 0.239 e. The zero-order valence-corrected chi connectivity index (χ0v) is 21.9. The van der Waals surface area contributed by atoms with E-state index in [4.69, 9.17) is 4.52 Å². The molecule has 0 spiro atoms. The van der Waals surface area contributed by atoms with Crippen LogP contribution in [0.15, 0.2) is 47.2 Å². The van der Waals surface area contributed by atoms with Gasteiger partial charge in [-0.05, 0) is 36.1 Å². The predicted octanol–water partition coefficient (Wildman–Crippen LogP) is 3.63. The zero-order chi connectivity index (χ0) is 25.8. The number of nitrogens with zero attached hydrogens (tertiary/aromatic N) is 5. The maximum atomic E-state index is 12.6. The van der Waals surface area contributed by atoms with Crippen LogP contribution in [0, 0.1) is 11.3 Å². The summed E-state index contributed by atoms with van der Waals surface area (Å²) < 4.78 is 5.55. The molecule has 3 atom stereocenters. The summed E-state index contributed by atoms with van der Waals surface area (Å²) >= 11 is 0. The van der Waals surface area contributed by atoms with Gasteiger partial charge in [0.15, 0.2) is 0 Å². The van der Waals surface area contributed by atoms with Gasteiger partial charge in [0.25, 0.3) is 0 Å². The van der Waals surface area contributed by atoms with Gasteiger partial charge >= 0.3 is 0 Å². The largest absolute Gasteiger partial charge is 0.380 e. The fraction of sp³-hybridized carbons (Fsp3) is 0.500. The molecule has 0 saturated carbocycles. The molecule has 2 saturated heterocycles. The van der Waals surface area contributed by atoms with Crippen molar-refractivity contribution in [2.75, 3.05) is 33.7 Å². The van der Waals surface area contributed by atoms with E-state index in [1.165, 1.54) is 5.56 Å². The van der Waals surface area contributed by atoms with Crippen LogP contribution in [0.2, 0.25) is 0 Å². The molecule has 1 unspecified atom stereocenters. The van der Waals surface area contributed by atoms with Gasteiger partial charge in [-0.15, -0.1) is 0 Å². The lowest BCUT2D eigenvalue weighted by molar-refractivity contribution is -0.128. The third kappa shape index (κ3) is 3.83. The minimum atomic E-state index is -1.26. The van der Waals surface area contributed by atoms with Crippen LogP contribution >= 0.6 is 0 Å². The van der Waals surface area contributed by atoms with Crippen molar-refractivity contribution in [3.8, 4) is 11.4 Å². The van der Waals surface area contributed by atoms with Gasteiger partial charge in [-0.3, -0.25) is 9.78 Å². The Morgan fingerprint density at radius 1 is 1.14 bits per heavy atom. The molecule has 2 fully saturated rings. The highest BCUT2D eigenvalue weighted by atomic mass is 16.5. The van der Waals surface area contributed by atoms with Gasteiger partial charge in [-0.1, -0.05) is 57.1 Å². The van der Waals surface area contributed by atoms with Crippen LogP contribution in [0.4, 0.5) is 0 Å². The molecule has 1 aromatic carbocycles. The summed E-state index contributed by atoms with van der Waals surface area (Å²) in [5, 5.41) is 16.6. The van der Waals surface area contributed by atoms with Crippen molar-refractivity contribution in [1.29, 1.82) is 0 Å². The van der Waals surface area contributed by atoms with Crippen LogP contribution in [0.3, 0.4) is 0 Å². The van der Waals surface area contributed by atoms with Crippen LogP contribution in [-0.2, 0) is 10.4 Å². The van der Waals surface area contributed by atoms with E-state index in [-0.39, 0.29) is 11.8 Å². The predicted molar refractivity (Wildman–Crippen MR) is 136 cm³/mol. The number of benzene rings is 1. The maximum Gasteiger partial charge on any atom is 0.239 e. The molecule has 8 nitrogen and oxygen atoms in total. The molecule has 0 aliphatic carbocycles. The van der Waals surface area contributed by atoms with E-state index in [0.717, 1.165) is 18.7 Å². The highest BCUT2D eigenvalue weighted by molar-refractivity contribution is 5.85. The summed E-state index contributed by atoms with van der Waals surface area (Å²) in [6.07, 6.45) is 3.39. The van der Waals surface area contributed by atoms with E-state index in [2.05, 4.69) is 60.0 Å². The van der Waals surface area contributed by atoms with Crippen LogP contribution in [-0.4, -0.2) is 69.7 Å². The minimum absolute atomic E-state index is 0.00850. The summed E-state index contributed by atoms with van der Waals surface area (Å²) in [5.41, 5.74) is 1.73. The summed E-state index contributed by atoms with van der Waals surface area (Å²) in [6.45, 7) is 10.6. The first-order chi connectivity index (χ1) is 17.0. The molecule has 5 rings (SSSR count). The first-order valence-electron chi connectivity index (χ1n) is 12.6. The fourth-order valence-corrected chi connectivity index (χ4v) is 6.04. The molecular formula is C28H35N5O3. The molecule has 190 valence electrons. The highest BCUT2D eigenvalue weighted by Crippen LogP contribution is 2.50. The van der Waals surface area contributed by atoms with Gasteiger partial charge < -0.3 is 19.4 Å². The average molecular weight is 490 g/mol. The number of likely N-dealkylation sites (tertiary alicyclic amines) is 2. The third-order valence-electron chi connectivity index (χ3n) is 8.00. The number of aliphatic hydroxyl groups is 1. The molecule has 2 aliphatic heterocycles. The molecule has 4 heterocycles. The summed E-state index contributed by atoms with van der Waals surface area (Å²) in [7, 11) is 3.85. The van der Waals surface area contributed by atoms with Gasteiger partial charge in [-0.2, -0.15) is 4.98 Å². The van der Waals surface area contributed by atoms with Crippen molar-refractivity contribution >= 4 is 5.91 Å². The topological polar surface area (TPSA) is 95.6 Å². The molecule has 8 heteroatoms. The van der Waals surface area contributed by atoms with Crippen LogP contribution in [0.1, 0.15) is 62.1 Å². The standard InChI is InChI=1S/C28H35N5O3/c1-17(2)19-7-9-21(10-8-19)28(35,27(4)15-32(5)16-27)22-11-20(12-29-13-22)24-30-25(36-31-24)23-18(3)14-33(6)26(23)34/h7-13,17-18,23,35H,14-16H2,1-6H3/t18?,23-,28-/m0/s1. The molecular weight excluding hydrogens is 454 g/mol. The Morgan fingerprint density at radius 3 is 2.42 bits per heavy atom. The second-order valence-corrected chi connectivity index (χ2v) is 11.3. The first kappa shape index (κ1) is 24.6. The second-order valence-electron chi connectivity index (χ2n) is 11.3. The molecule has 3 aromatic rings. The van der Waals surface area contributed by atoms with Crippen molar-refractivity contribution in [2.24, 2.45) is 11.3 Å². The average Bonchev–Trinajstić information content (AvgIpc) is 3.41. The lowest BCUT2D eigenvalue weighted by Gasteiger charge is -2.55. The molecule has 0 bridgehead atoms. The van der Waals surface area contributed by atoms with Gasteiger partial charge in [-0.25, -0.2) is 0 Å². The van der Waals surface area contributed by atoms with Crippen LogP contribution in [0.25, 0.3) is 11.4 Å². The van der Waals surface area contributed by atoms with Gasteiger partial charge in [0.1, 0.15) is 11.5 Å². The van der Waals surface area contributed by atoms with E-state index in [1.807, 2.05) is 25.1 Å². The molecule has 2 aromatic heterocycles. The summed E-state index contributed by atoms with van der Waals surface area (Å²) in [6, 6.07) is 10.1. The Bertz CT molecular complexity index is 1260. The number of likely N-dealkylation sites (N-methyl/N-ethyl adjacent to an activating group) is 1. The van der Waals surface area contributed by atoms with Gasteiger partial charge in [0, 0.05) is 55.6 Å². The molecule has 0 radical (unpaired) electrons. The van der Waals surface area contributed by atoms with E-state index in [1.54, 1.807) is 24.3 Å². The molecule has 1 amide bonds. The number of hydrogen-bond acceptors (Lipinski definition) is 7. The Balaban J connectivity index is 1.54. The number of pyridine rings is 1. The van der Waals surface area contributed by atoms with Gasteiger partial charge in [0.05, 0.1) is 0 Å². The zero-order valence-electron chi connectivity index (χ0n) is 21.9. The van der Waals surface area contributed by atoms with Gasteiger partial charge in [0.2, 0.25) is 17.6 Å². The van der Waals surface area contributed by atoms with Crippen molar-refractivity contribution < 1.29 is 14.4 Å². The number of aromatic nitrogens is 3. The minimum Gasteiger partial charge on any atom is -0.380 e. The first-order valence-corrected chi connectivity index (χ1v) is 12.6. The van der Waals surface area contributed by atoms with Crippen molar-refractivity contribution in [2.45, 2.75) is 45.1 Å². The lowest BCUT2D eigenvalue weighted by atomic mass is 9.62. The van der Waals surface area contributed by atoms with Crippen molar-refractivity contribution in [1.82, 2.24) is 24.9 Å². The number of rotatable bonds is 6. The van der Waals surface area contributed by atoms with Crippen molar-refractivity contribution in [3.05, 3.63) is 65.3 Å². The summed E-state index contributed by atoms with van der Waals surface area (Å²) in [5.74, 6) is 0.740. The second kappa shape index (κ2) is 8.78. The monoisotopic (exact) mass is 489 g/mol. The van der Waals surface area contributed by atoms with E-state index in [9.17, 15) is 9.90 Å². The highest BCUT2D eigenvalue weighted by Gasteiger charge is 2.55. The van der Waals surface area contributed by atoms with Crippen molar-refractivity contribution in [3.63, 3.8) is 0 Å². The van der Waals surface area contributed by atoms with E-state index in [0.29, 0.717) is 35.3 Å². The van der Waals surface area contributed by atoms with Crippen LogP contribution < -0.4 is 0 Å². The molecule has 1 N–H and O–H groups in total. The Morgan fingerprint density at radius 2 is 1.83 bits per heavy atom. The summed E-state index contributed by atoms with van der Waals surface area (Å²) in [4.78, 5) is 25.5. The Hall–Kier alpha value is -3.10. The van der Waals surface area contributed by atoms with E-state index < -0.39 is 16.9 Å².